The van der Waals surface area contributed by atoms with Gasteiger partial charge in [-0.15, -0.1) is 11.3 Å². The summed E-state index contributed by atoms with van der Waals surface area (Å²) in [6, 6.07) is 4.46. The molecule has 130 valence electrons. The van der Waals surface area contributed by atoms with Gasteiger partial charge in [0.05, 0.1) is 10.2 Å². The fourth-order valence-electron chi connectivity index (χ4n) is 3.12. The normalized spacial score (nSPS) is 15.5. The lowest BCUT2D eigenvalue weighted by atomic mass is 10.1. The summed E-state index contributed by atoms with van der Waals surface area (Å²) in [6.45, 7) is 1.96. The van der Waals surface area contributed by atoms with Gasteiger partial charge in [0.2, 0.25) is 0 Å². The first-order valence-corrected chi connectivity index (χ1v) is 9.28. The molecule has 0 radical (unpaired) electrons. The molecular weight excluding hydrogens is 334 g/mol. The molecule has 0 amide bonds. The number of piperidine rings is 1. The van der Waals surface area contributed by atoms with E-state index in [-0.39, 0.29) is 0 Å². The van der Waals surface area contributed by atoms with Gasteiger partial charge in [0, 0.05) is 39.3 Å². The third-order valence-electron chi connectivity index (χ3n) is 4.48. The highest BCUT2D eigenvalue weighted by atomic mass is 32.1. The van der Waals surface area contributed by atoms with E-state index < -0.39 is 0 Å². The van der Waals surface area contributed by atoms with E-state index in [0.29, 0.717) is 6.04 Å². The van der Waals surface area contributed by atoms with E-state index in [2.05, 4.69) is 41.6 Å². The van der Waals surface area contributed by atoms with Gasteiger partial charge < -0.3 is 15.1 Å². The summed E-state index contributed by atoms with van der Waals surface area (Å²) >= 11 is 1.71. The quantitative estimate of drug-likeness (QED) is 0.771. The Morgan fingerprint density at radius 1 is 1.12 bits per heavy atom. The first-order valence-electron chi connectivity index (χ1n) is 8.40. The zero-order chi connectivity index (χ0) is 17.2. The summed E-state index contributed by atoms with van der Waals surface area (Å²) in [5, 5.41) is 5.62. The minimum absolute atomic E-state index is 0.418. The molecule has 1 saturated heterocycles. The Balaban J connectivity index is 1.42. The number of anilines is 3. The zero-order valence-electron chi connectivity index (χ0n) is 14.4. The number of nitrogens with zero attached hydrogens (tertiary/aromatic N) is 6. The molecule has 1 aliphatic rings. The predicted molar refractivity (Wildman–Crippen MR) is 103 cm³/mol. The van der Waals surface area contributed by atoms with Crippen molar-refractivity contribution < 1.29 is 0 Å². The molecule has 0 saturated carbocycles. The Hall–Kier alpha value is -2.48. The van der Waals surface area contributed by atoms with Crippen LogP contribution >= 0.6 is 11.3 Å². The molecule has 4 rings (SSSR count). The Morgan fingerprint density at radius 3 is 2.72 bits per heavy atom. The van der Waals surface area contributed by atoms with Crippen LogP contribution < -0.4 is 15.1 Å². The van der Waals surface area contributed by atoms with Crippen LogP contribution in [-0.4, -0.2) is 53.2 Å². The minimum Gasteiger partial charge on any atom is -0.367 e. The maximum atomic E-state index is 4.52. The smallest absolute Gasteiger partial charge is 0.150 e. The Kier molecular flexibility index (Phi) is 4.35. The standard InChI is InChI=1S/C17H21N7S/c1-23(2)15-9-14(19-11-20-15)22-12-3-6-24(7-4-12)17-16-13(5-8-25-16)18-10-21-17/h5,8-12H,3-4,6-7H2,1-2H3,(H,19,20,22). The van der Waals surface area contributed by atoms with Crippen LogP contribution in [0.3, 0.4) is 0 Å². The largest absolute Gasteiger partial charge is 0.367 e. The third-order valence-corrected chi connectivity index (χ3v) is 5.38. The van der Waals surface area contributed by atoms with Gasteiger partial charge in [-0.3, -0.25) is 0 Å². The van der Waals surface area contributed by atoms with Crippen molar-refractivity contribution in [1.82, 2.24) is 19.9 Å². The number of hydrogen-bond acceptors (Lipinski definition) is 8. The van der Waals surface area contributed by atoms with Gasteiger partial charge in [-0.1, -0.05) is 0 Å². The van der Waals surface area contributed by atoms with Gasteiger partial charge in [-0.25, -0.2) is 19.9 Å². The fourth-order valence-corrected chi connectivity index (χ4v) is 3.98. The molecule has 0 unspecified atom stereocenters. The van der Waals surface area contributed by atoms with Gasteiger partial charge in [0.25, 0.3) is 0 Å². The van der Waals surface area contributed by atoms with E-state index in [0.717, 1.165) is 48.9 Å². The average molecular weight is 355 g/mol. The maximum absolute atomic E-state index is 4.52. The van der Waals surface area contributed by atoms with E-state index in [9.17, 15) is 0 Å². The maximum Gasteiger partial charge on any atom is 0.150 e. The highest BCUT2D eigenvalue weighted by Crippen LogP contribution is 2.30. The van der Waals surface area contributed by atoms with Crippen molar-refractivity contribution >= 4 is 39.0 Å². The van der Waals surface area contributed by atoms with Crippen LogP contribution in [0.4, 0.5) is 17.5 Å². The van der Waals surface area contributed by atoms with Gasteiger partial charge in [0.1, 0.15) is 30.1 Å². The van der Waals surface area contributed by atoms with Crippen LogP contribution in [0.25, 0.3) is 10.2 Å². The highest BCUT2D eigenvalue weighted by molar-refractivity contribution is 7.17. The van der Waals surface area contributed by atoms with Crippen molar-refractivity contribution in [2.75, 3.05) is 42.3 Å². The third kappa shape index (κ3) is 3.34. The molecule has 0 bridgehead atoms. The SMILES string of the molecule is CN(C)c1cc(NC2CCN(c3ncnc4ccsc34)CC2)ncn1. The number of hydrogen-bond donors (Lipinski definition) is 1. The van der Waals surface area contributed by atoms with E-state index in [1.54, 1.807) is 24.0 Å². The van der Waals surface area contributed by atoms with Crippen molar-refractivity contribution in [1.29, 1.82) is 0 Å². The van der Waals surface area contributed by atoms with Gasteiger partial charge in [0.15, 0.2) is 0 Å². The van der Waals surface area contributed by atoms with Crippen molar-refractivity contribution in [3.8, 4) is 0 Å². The second-order valence-electron chi connectivity index (χ2n) is 6.39. The molecule has 1 N–H and O–H groups in total. The number of thiophene rings is 1. The molecule has 0 aromatic carbocycles. The monoisotopic (exact) mass is 355 g/mol. The lowest BCUT2D eigenvalue weighted by molar-refractivity contribution is 0.523. The van der Waals surface area contributed by atoms with E-state index in [1.165, 1.54) is 4.70 Å². The first-order chi connectivity index (χ1) is 12.2. The topological polar surface area (TPSA) is 70.1 Å². The number of aromatic nitrogens is 4. The van der Waals surface area contributed by atoms with Crippen LogP contribution in [0.2, 0.25) is 0 Å². The molecule has 0 atom stereocenters. The molecule has 1 aliphatic heterocycles. The Morgan fingerprint density at radius 2 is 1.92 bits per heavy atom. The van der Waals surface area contributed by atoms with E-state index >= 15 is 0 Å². The molecule has 25 heavy (non-hydrogen) atoms. The Labute approximate surface area is 150 Å². The van der Waals surface area contributed by atoms with Gasteiger partial charge in [-0.05, 0) is 24.3 Å². The summed E-state index contributed by atoms with van der Waals surface area (Å²) in [6.07, 6.45) is 5.38. The summed E-state index contributed by atoms with van der Waals surface area (Å²) in [5.74, 6) is 2.87. The van der Waals surface area contributed by atoms with Crippen molar-refractivity contribution in [3.63, 3.8) is 0 Å². The zero-order valence-corrected chi connectivity index (χ0v) is 15.2. The Bertz CT molecular complexity index is 855. The minimum atomic E-state index is 0.418. The average Bonchev–Trinajstić information content (AvgIpc) is 3.11. The van der Waals surface area contributed by atoms with Crippen molar-refractivity contribution in [2.24, 2.45) is 0 Å². The molecule has 1 fully saturated rings. The summed E-state index contributed by atoms with van der Waals surface area (Å²) < 4.78 is 1.18. The molecular formula is C17H21N7S. The van der Waals surface area contributed by atoms with Crippen LogP contribution in [0, 0.1) is 0 Å². The van der Waals surface area contributed by atoms with E-state index in [1.807, 2.05) is 25.1 Å². The van der Waals surface area contributed by atoms with Crippen LogP contribution in [0.15, 0.2) is 30.2 Å². The molecule has 0 spiro atoms. The van der Waals surface area contributed by atoms with Gasteiger partial charge in [-0.2, -0.15) is 0 Å². The molecule has 3 aromatic rings. The second-order valence-corrected chi connectivity index (χ2v) is 7.31. The summed E-state index contributed by atoms with van der Waals surface area (Å²) in [4.78, 5) is 21.8. The first kappa shape index (κ1) is 16.0. The summed E-state index contributed by atoms with van der Waals surface area (Å²) in [5.41, 5.74) is 1.03. The van der Waals surface area contributed by atoms with Crippen LogP contribution in [0.1, 0.15) is 12.8 Å². The molecule has 4 heterocycles. The molecule has 0 aliphatic carbocycles. The van der Waals surface area contributed by atoms with Crippen molar-refractivity contribution in [2.45, 2.75) is 18.9 Å². The molecule has 8 heteroatoms. The predicted octanol–water partition coefficient (Wildman–Crippen LogP) is 2.63. The molecule has 3 aromatic heterocycles. The lowest BCUT2D eigenvalue weighted by Crippen LogP contribution is -2.39. The number of rotatable bonds is 4. The number of nitrogens with one attached hydrogen (secondary N) is 1. The fraction of sp³-hybridized carbons (Fsp3) is 0.412. The summed E-state index contributed by atoms with van der Waals surface area (Å²) in [7, 11) is 3.97. The van der Waals surface area contributed by atoms with E-state index in [4.69, 9.17) is 0 Å². The van der Waals surface area contributed by atoms with Crippen LogP contribution in [0.5, 0.6) is 0 Å². The molecule has 7 nitrogen and oxygen atoms in total. The highest BCUT2D eigenvalue weighted by Gasteiger charge is 2.22. The lowest BCUT2D eigenvalue weighted by Gasteiger charge is -2.33. The van der Waals surface area contributed by atoms with Crippen molar-refractivity contribution in [3.05, 3.63) is 30.2 Å². The second kappa shape index (κ2) is 6.79. The van der Waals surface area contributed by atoms with Gasteiger partial charge >= 0.3 is 0 Å². The number of fused-ring (bicyclic) bond motifs is 1. The van der Waals surface area contributed by atoms with Crippen LogP contribution in [-0.2, 0) is 0 Å².